The second kappa shape index (κ2) is 9.23. The molecule has 1 aromatic heterocycles. The van der Waals surface area contributed by atoms with E-state index in [1.54, 1.807) is 0 Å². The Bertz CT molecular complexity index is 1280. The van der Waals surface area contributed by atoms with Gasteiger partial charge in [-0.3, -0.25) is 0 Å². The Morgan fingerprint density at radius 2 is 0.871 bits per heavy atom. The predicted octanol–water partition coefficient (Wildman–Crippen LogP) is 7.57. The molecule has 0 spiro atoms. The molecule has 0 aliphatic rings. The van der Waals surface area contributed by atoms with Crippen molar-refractivity contribution < 1.29 is 11.3 Å². The molecule has 0 atom stereocenters. The number of benzene rings is 4. The van der Waals surface area contributed by atoms with Gasteiger partial charge < -0.3 is 0 Å². The zero-order valence-corrected chi connectivity index (χ0v) is 19.7. The molecule has 4 aromatic carbocycles. The van der Waals surface area contributed by atoms with Crippen molar-refractivity contribution in [1.82, 2.24) is 9.13 Å². The van der Waals surface area contributed by atoms with Crippen LogP contribution in [0, 0.1) is 4.32 Å². The van der Waals surface area contributed by atoms with Gasteiger partial charge in [0, 0.05) is 0 Å². The molecular weight excluding hydrogens is 543 g/mol. The van der Waals surface area contributed by atoms with E-state index >= 15 is 0 Å². The molecule has 5 rings (SSSR count). The summed E-state index contributed by atoms with van der Waals surface area (Å²) in [5, 5.41) is 0. The van der Waals surface area contributed by atoms with Crippen molar-refractivity contribution in [2.45, 2.75) is 0 Å². The minimum absolute atomic E-state index is 1.14. The third-order valence-electron chi connectivity index (χ3n) is 5.27. The Morgan fingerprint density at radius 1 is 0.484 bits per heavy atom. The van der Waals surface area contributed by atoms with Gasteiger partial charge in [0.2, 0.25) is 0 Å². The maximum absolute atomic E-state index is 2.37. The Morgan fingerprint density at radius 3 is 1.29 bits per heavy atom. The molecule has 0 aliphatic heterocycles. The molecule has 0 fully saturated rings. The fraction of sp³-hybridized carbons (Fsp3) is 0. The summed E-state index contributed by atoms with van der Waals surface area (Å²) >= 11 is 4.20. The summed E-state index contributed by atoms with van der Waals surface area (Å²) in [7, 11) is 0. The van der Waals surface area contributed by atoms with Gasteiger partial charge in [-0.2, -0.15) is 0 Å². The van der Waals surface area contributed by atoms with Crippen LogP contribution in [0.3, 0.4) is 0 Å². The van der Waals surface area contributed by atoms with Gasteiger partial charge in [0.25, 0.3) is 0 Å². The number of hydrogen-bond acceptors (Lipinski definition) is 0. The van der Waals surface area contributed by atoms with Crippen molar-refractivity contribution in [2.24, 2.45) is 0 Å². The van der Waals surface area contributed by atoms with E-state index in [0.717, 1.165) is 4.32 Å². The average molecular weight is 563 g/mol. The fourth-order valence-corrected chi connectivity index (χ4v) is 5.68. The van der Waals surface area contributed by atoms with E-state index in [4.69, 9.17) is 0 Å². The fourth-order valence-electron chi connectivity index (χ4n) is 3.85. The molecule has 0 saturated heterocycles. The molecule has 0 saturated carbocycles. The summed E-state index contributed by atoms with van der Waals surface area (Å²) < 4.78 is 5.68. The molecule has 0 radical (unpaired) electrons. The van der Waals surface area contributed by atoms with E-state index < -0.39 is 0 Å². The van der Waals surface area contributed by atoms with Crippen LogP contribution in [-0.4, -0.2) is 9.13 Å². The Kier molecular flexibility index (Phi) is 6.03. The van der Waals surface area contributed by atoms with Crippen LogP contribution in [0.5, 0.6) is 0 Å². The van der Waals surface area contributed by atoms with Gasteiger partial charge >= 0.3 is 200 Å². The first-order valence-electron chi connectivity index (χ1n) is 9.98. The van der Waals surface area contributed by atoms with Gasteiger partial charge in [-0.15, -0.1) is 0 Å². The molecule has 2 nitrogen and oxygen atoms in total. The summed E-state index contributed by atoms with van der Waals surface area (Å²) in [6, 6.07) is 38.3. The third-order valence-corrected chi connectivity index (χ3v) is 7.09. The third kappa shape index (κ3) is 3.99. The van der Waals surface area contributed by atoms with Gasteiger partial charge in [-0.05, 0) is 0 Å². The average Bonchev–Trinajstić information content (AvgIpc) is 3.29. The van der Waals surface area contributed by atoms with Crippen molar-refractivity contribution in [1.29, 1.82) is 0 Å². The number of nitrogens with zero attached hydrogens (tertiary/aromatic N) is 2. The molecule has 1 heterocycles. The zero-order valence-electron chi connectivity index (χ0n) is 16.6. The number of rotatable bonds is 4. The predicted molar refractivity (Wildman–Crippen MR) is 133 cm³/mol. The molecule has 0 N–H and O–H groups in total. The molecule has 0 aliphatic carbocycles. The SMILES string of the molecule is [I][Cu]=[c]1n(-c2ccccc2-c2ccccc2)ccn1-c1ccccc1-c1ccccc1. The van der Waals surface area contributed by atoms with Gasteiger partial charge in [0.05, 0.1) is 0 Å². The van der Waals surface area contributed by atoms with Crippen molar-refractivity contribution in [3.63, 3.8) is 0 Å². The topological polar surface area (TPSA) is 9.86 Å². The minimum atomic E-state index is 1.14. The zero-order chi connectivity index (χ0) is 21.0. The quantitative estimate of drug-likeness (QED) is 0.158. The van der Waals surface area contributed by atoms with Gasteiger partial charge in [-0.1, -0.05) is 0 Å². The van der Waals surface area contributed by atoms with Crippen LogP contribution in [0.1, 0.15) is 0 Å². The van der Waals surface area contributed by atoms with Crippen LogP contribution < -0.4 is 0 Å². The van der Waals surface area contributed by atoms with E-state index in [0.29, 0.717) is 0 Å². The summed E-state index contributed by atoms with van der Waals surface area (Å²) in [5.41, 5.74) is 7.19. The van der Waals surface area contributed by atoms with Crippen molar-refractivity contribution in [2.75, 3.05) is 0 Å². The summed E-state index contributed by atoms with van der Waals surface area (Å²) in [5.74, 6) is 0. The van der Waals surface area contributed by atoms with E-state index in [2.05, 4.69) is 151 Å². The van der Waals surface area contributed by atoms with Crippen LogP contribution in [0.25, 0.3) is 33.6 Å². The van der Waals surface area contributed by atoms with E-state index in [-0.39, 0.29) is 0 Å². The molecule has 156 valence electrons. The first kappa shape index (κ1) is 20.3. The van der Waals surface area contributed by atoms with Crippen LogP contribution in [0.15, 0.2) is 122 Å². The first-order chi connectivity index (χ1) is 15.4. The summed E-state index contributed by atoms with van der Waals surface area (Å²) in [6.07, 6.45) is 4.31. The first-order valence-corrected chi connectivity index (χ1v) is 13.5. The van der Waals surface area contributed by atoms with Crippen LogP contribution in [0.2, 0.25) is 0 Å². The summed E-state index contributed by atoms with van der Waals surface area (Å²) in [6.45, 7) is 0. The van der Waals surface area contributed by atoms with E-state index in [1.807, 2.05) is 11.3 Å². The van der Waals surface area contributed by atoms with Crippen molar-refractivity contribution in [3.05, 3.63) is 126 Å². The van der Waals surface area contributed by atoms with Crippen LogP contribution in [-0.2, 0) is 11.3 Å². The van der Waals surface area contributed by atoms with E-state index in [1.165, 1.54) is 33.6 Å². The molecular formula is C27H20CuIN2. The molecule has 0 unspecified atom stereocenters. The molecule has 0 bridgehead atoms. The Hall–Kier alpha value is -2.66. The number of imidazole rings is 1. The maximum atomic E-state index is 2.37. The van der Waals surface area contributed by atoms with Crippen molar-refractivity contribution >= 4 is 20.3 Å². The number of halogens is 1. The number of hydrogen-bond donors (Lipinski definition) is 0. The summed E-state index contributed by atoms with van der Waals surface area (Å²) in [4.78, 5) is 0. The number of aromatic nitrogens is 2. The number of para-hydroxylation sites is 2. The normalized spacial score (nSPS) is 11.0. The second-order valence-corrected chi connectivity index (χ2v) is 9.04. The molecule has 31 heavy (non-hydrogen) atoms. The molecule has 4 heteroatoms. The monoisotopic (exact) mass is 562 g/mol. The van der Waals surface area contributed by atoms with Gasteiger partial charge in [0.1, 0.15) is 0 Å². The Balaban J connectivity index is 1.70. The van der Waals surface area contributed by atoms with E-state index in [9.17, 15) is 0 Å². The van der Waals surface area contributed by atoms with Crippen molar-refractivity contribution in [3.8, 4) is 33.6 Å². The molecule has 0 amide bonds. The second-order valence-electron chi connectivity index (χ2n) is 7.10. The van der Waals surface area contributed by atoms with Gasteiger partial charge in [-0.25, -0.2) is 0 Å². The standard InChI is InChI=1S/C27H20N2.Cu.HI/c1-3-11-22(12-4-1)24-15-7-9-17-26(24)28-19-20-29(21-28)27-18-10-8-16-25(27)23-13-5-2-6-14-23;;/h1-20H;;1H/q;+1;/p-1. The molecule has 5 aromatic rings. The van der Waals surface area contributed by atoms with Gasteiger partial charge in [0.15, 0.2) is 0 Å². The van der Waals surface area contributed by atoms with Crippen LogP contribution >= 0.6 is 20.3 Å². The Labute approximate surface area is 199 Å². The van der Waals surface area contributed by atoms with Crippen LogP contribution in [0.4, 0.5) is 0 Å².